The molecule has 0 saturated heterocycles. The maximum atomic E-state index is 12.4. The quantitative estimate of drug-likeness (QED) is 0.274. The van der Waals surface area contributed by atoms with E-state index in [4.69, 9.17) is 0 Å². The normalized spacial score (nSPS) is 13.3. The van der Waals surface area contributed by atoms with Gasteiger partial charge < -0.3 is 26.3 Å². The van der Waals surface area contributed by atoms with Gasteiger partial charge >= 0.3 is 6.03 Å². The fourth-order valence-electron chi connectivity index (χ4n) is 3.58. The summed E-state index contributed by atoms with van der Waals surface area (Å²) in [5, 5.41) is 11.8. The predicted octanol–water partition coefficient (Wildman–Crippen LogP) is 5.29. The molecule has 0 bridgehead atoms. The van der Waals surface area contributed by atoms with Crippen LogP contribution >= 0.6 is 0 Å². The van der Waals surface area contributed by atoms with E-state index in [2.05, 4.69) is 31.2 Å². The minimum Gasteiger partial charge on any atom is -0.362 e. The van der Waals surface area contributed by atoms with Gasteiger partial charge in [0.1, 0.15) is 0 Å². The van der Waals surface area contributed by atoms with E-state index in [0.29, 0.717) is 16.9 Å². The lowest BCUT2D eigenvalue weighted by Gasteiger charge is -2.11. The summed E-state index contributed by atoms with van der Waals surface area (Å²) in [6, 6.07) is 20.0. The molecule has 3 heterocycles. The molecular formula is C25H20N6O2. The van der Waals surface area contributed by atoms with Crippen molar-refractivity contribution in [2.24, 2.45) is 0 Å². The van der Waals surface area contributed by atoms with Crippen LogP contribution in [-0.4, -0.2) is 21.9 Å². The Morgan fingerprint density at radius 1 is 0.879 bits per heavy atom. The van der Waals surface area contributed by atoms with Crippen LogP contribution in [0.3, 0.4) is 0 Å². The minimum absolute atomic E-state index is 0.137. The molecule has 0 spiro atoms. The number of hydrogen-bond donors (Lipinski definition) is 5. The number of aromatic amines is 1. The molecule has 3 amide bonds. The van der Waals surface area contributed by atoms with Crippen molar-refractivity contribution in [3.63, 3.8) is 0 Å². The van der Waals surface area contributed by atoms with Gasteiger partial charge in [-0.3, -0.25) is 9.78 Å². The molecule has 2 aromatic heterocycles. The van der Waals surface area contributed by atoms with Gasteiger partial charge in [0.2, 0.25) is 0 Å². The van der Waals surface area contributed by atoms with Gasteiger partial charge in [0, 0.05) is 40.7 Å². The van der Waals surface area contributed by atoms with E-state index < -0.39 is 0 Å². The number of carbonyl (C=O) groups is 2. The lowest BCUT2D eigenvalue weighted by Crippen LogP contribution is -2.19. The molecule has 8 heteroatoms. The van der Waals surface area contributed by atoms with Gasteiger partial charge in [-0.25, -0.2) is 4.79 Å². The molecule has 33 heavy (non-hydrogen) atoms. The zero-order valence-corrected chi connectivity index (χ0v) is 17.4. The van der Waals surface area contributed by atoms with E-state index in [1.807, 2.05) is 60.8 Å². The van der Waals surface area contributed by atoms with Crippen LogP contribution in [0, 0.1) is 0 Å². The number of hydrogen-bond acceptors (Lipinski definition) is 4. The van der Waals surface area contributed by atoms with E-state index in [-0.39, 0.29) is 11.9 Å². The molecule has 162 valence electrons. The Hall–Kier alpha value is -4.85. The number of pyridine rings is 1. The van der Waals surface area contributed by atoms with Crippen molar-refractivity contribution < 1.29 is 9.59 Å². The van der Waals surface area contributed by atoms with Gasteiger partial charge in [-0.2, -0.15) is 0 Å². The number of fused-ring (bicyclic) bond motifs is 1. The van der Waals surface area contributed by atoms with Gasteiger partial charge in [-0.1, -0.05) is 12.1 Å². The highest BCUT2D eigenvalue weighted by molar-refractivity contribution is 6.35. The first kappa shape index (κ1) is 20.1. The zero-order valence-electron chi connectivity index (χ0n) is 17.4. The summed E-state index contributed by atoms with van der Waals surface area (Å²) >= 11 is 0. The number of H-pyrrole nitrogens is 1. The summed E-state index contributed by atoms with van der Waals surface area (Å²) in [6.07, 6.45) is 6.86. The van der Waals surface area contributed by atoms with Crippen molar-refractivity contribution in [2.45, 2.75) is 0 Å². The number of nitrogens with one attached hydrogen (secondary N) is 5. The van der Waals surface area contributed by atoms with Crippen LogP contribution in [-0.2, 0) is 4.79 Å². The Bertz CT molecular complexity index is 1350. The number of benzene rings is 2. The standard InChI is InChI=1S/C25H20N6O2/c32-24-22(13-16-6-3-11-27-16)21-9-8-19(14-23(21)31-24)28-17-4-1-5-18(12-17)29-25(33)30-20-7-2-10-26-15-20/h1-15,27-28H,(H,31,32)(H2,29,30,33)/b22-13+. The average Bonchev–Trinajstić information content (AvgIpc) is 3.42. The number of urea groups is 1. The molecule has 2 aromatic carbocycles. The minimum atomic E-state index is -0.359. The molecule has 1 aliphatic heterocycles. The smallest absolute Gasteiger partial charge is 0.323 e. The Morgan fingerprint density at radius 3 is 2.52 bits per heavy atom. The summed E-state index contributed by atoms with van der Waals surface area (Å²) in [5.74, 6) is -0.137. The number of aromatic nitrogens is 2. The van der Waals surface area contributed by atoms with E-state index in [1.165, 1.54) is 0 Å². The monoisotopic (exact) mass is 436 g/mol. The van der Waals surface area contributed by atoms with Gasteiger partial charge in [-0.15, -0.1) is 0 Å². The van der Waals surface area contributed by atoms with E-state index in [1.54, 1.807) is 30.6 Å². The van der Waals surface area contributed by atoms with Crippen molar-refractivity contribution in [3.05, 3.63) is 96.6 Å². The summed E-state index contributed by atoms with van der Waals surface area (Å²) in [4.78, 5) is 31.7. The molecule has 0 atom stereocenters. The highest BCUT2D eigenvalue weighted by Crippen LogP contribution is 2.35. The first-order valence-electron chi connectivity index (χ1n) is 10.3. The first-order chi connectivity index (χ1) is 16.1. The summed E-state index contributed by atoms with van der Waals surface area (Å²) in [6.45, 7) is 0. The largest absolute Gasteiger partial charge is 0.362 e. The van der Waals surface area contributed by atoms with Crippen LogP contribution in [0.1, 0.15) is 11.3 Å². The number of amides is 3. The van der Waals surface area contributed by atoms with Gasteiger partial charge in [-0.05, 0) is 60.7 Å². The highest BCUT2D eigenvalue weighted by Gasteiger charge is 2.24. The van der Waals surface area contributed by atoms with Crippen molar-refractivity contribution in [2.75, 3.05) is 21.3 Å². The van der Waals surface area contributed by atoms with Crippen molar-refractivity contribution in [3.8, 4) is 0 Å². The second-order valence-corrected chi connectivity index (χ2v) is 7.42. The Morgan fingerprint density at radius 2 is 1.70 bits per heavy atom. The average molecular weight is 436 g/mol. The lowest BCUT2D eigenvalue weighted by molar-refractivity contribution is -0.110. The topological polar surface area (TPSA) is 111 Å². The van der Waals surface area contributed by atoms with Crippen molar-refractivity contribution in [1.82, 2.24) is 9.97 Å². The molecule has 0 saturated carbocycles. The number of rotatable bonds is 5. The fraction of sp³-hybridized carbons (Fsp3) is 0. The van der Waals surface area contributed by atoms with Crippen molar-refractivity contribution >= 4 is 52.0 Å². The third kappa shape index (κ3) is 4.59. The zero-order chi connectivity index (χ0) is 22.6. The third-order valence-corrected chi connectivity index (χ3v) is 5.05. The van der Waals surface area contributed by atoms with Crippen LogP contribution in [0.4, 0.5) is 33.2 Å². The van der Waals surface area contributed by atoms with Crippen LogP contribution in [0.25, 0.3) is 11.6 Å². The molecule has 0 fully saturated rings. The van der Waals surface area contributed by atoms with Gasteiger partial charge in [0.15, 0.2) is 0 Å². The van der Waals surface area contributed by atoms with Gasteiger partial charge in [0.25, 0.3) is 5.91 Å². The molecule has 1 aliphatic rings. The van der Waals surface area contributed by atoms with Crippen LogP contribution in [0.5, 0.6) is 0 Å². The molecule has 5 N–H and O–H groups in total. The molecule has 4 aromatic rings. The Labute approximate surface area is 189 Å². The maximum absolute atomic E-state index is 12.4. The first-order valence-corrected chi connectivity index (χ1v) is 10.3. The van der Waals surface area contributed by atoms with E-state index in [0.717, 1.165) is 28.3 Å². The summed E-state index contributed by atoms with van der Waals surface area (Å²) < 4.78 is 0. The van der Waals surface area contributed by atoms with Crippen LogP contribution < -0.4 is 21.3 Å². The molecule has 0 aliphatic carbocycles. The SMILES string of the molecule is O=C(Nc1cccnc1)Nc1cccc(Nc2ccc3c(c2)NC(=O)/C3=C/c2ccc[nH]2)c1. The lowest BCUT2D eigenvalue weighted by atomic mass is 10.1. The number of carbonyl (C=O) groups excluding carboxylic acids is 2. The second-order valence-electron chi connectivity index (χ2n) is 7.42. The van der Waals surface area contributed by atoms with Gasteiger partial charge in [0.05, 0.1) is 23.1 Å². The maximum Gasteiger partial charge on any atom is 0.323 e. The van der Waals surface area contributed by atoms with Crippen LogP contribution in [0.2, 0.25) is 0 Å². The molecule has 8 nitrogen and oxygen atoms in total. The predicted molar refractivity (Wildman–Crippen MR) is 130 cm³/mol. The van der Waals surface area contributed by atoms with E-state index >= 15 is 0 Å². The second kappa shape index (κ2) is 8.72. The van der Waals surface area contributed by atoms with Crippen molar-refractivity contribution in [1.29, 1.82) is 0 Å². The summed E-state index contributed by atoms with van der Waals surface area (Å²) in [5.41, 5.74) is 5.92. The molecule has 0 unspecified atom stereocenters. The highest BCUT2D eigenvalue weighted by atomic mass is 16.2. The Kier molecular flexibility index (Phi) is 5.30. The number of anilines is 5. The fourth-order valence-corrected chi connectivity index (χ4v) is 3.58. The summed E-state index contributed by atoms with van der Waals surface area (Å²) in [7, 11) is 0. The molecule has 0 radical (unpaired) electrons. The van der Waals surface area contributed by atoms with E-state index in [9.17, 15) is 9.59 Å². The van der Waals surface area contributed by atoms with Crippen LogP contribution in [0.15, 0.2) is 85.3 Å². The number of nitrogens with zero attached hydrogens (tertiary/aromatic N) is 1. The Balaban J connectivity index is 1.29. The molecular weight excluding hydrogens is 416 g/mol. The third-order valence-electron chi connectivity index (χ3n) is 5.05. The molecule has 5 rings (SSSR count).